The summed E-state index contributed by atoms with van der Waals surface area (Å²) in [6.07, 6.45) is -6.37. The summed E-state index contributed by atoms with van der Waals surface area (Å²) in [5, 5.41) is 0.0113. The number of hydrogen-bond acceptors (Lipinski definition) is 6. The first-order chi connectivity index (χ1) is 16.3. The Morgan fingerprint density at radius 3 is 2.37 bits per heavy atom. The molecule has 2 aromatic carbocycles. The third-order valence-electron chi connectivity index (χ3n) is 5.13. The van der Waals surface area contributed by atoms with E-state index in [4.69, 9.17) is 25.8 Å². The summed E-state index contributed by atoms with van der Waals surface area (Å²) in [5.74, 6) is -2.44. The molecule has 0 N–H and O–H groups in total. The van der Waals surface area contributed by atoms with Gasteiger partial charge in [-0.15, -0.1) is 0 Å². The van der Waals surface area contributed by atoms with Gasteiger partial charge in [0.05, 0.1) is 18.4 Å². The van der Waals surface area contributed by atoms with Crippen molar-refractivity contribution in [3.63, 3.8) is 0 Å². The zero-order valence-electron chi connectivity index (χ0n) is 18.7. The Kier molecular flexibility index (Phi) is 7.30. The molecular weight excluding hydrogens is 498 g/mol. The molecule has 0 aromatic heterocycles. The van der Waals surface area contributed by atoms with E-state index in [9.17, 15) is 27.6 Å². The summed E-state index contributed by atoms with van der Waals surface area (Å²) in [4.78, 5) is 37.8. The monoisotopic (exact) mass is 517 g/mol. The molecule has 1 heterocycles. The minimum atomic E-state index is -4.85. The van der Waals surface area contributed by atoms with Gasteiger partial charge >= 0.3 is 18.2 Å². The fraction of sp³-hybridized carbons (Fsp3) is 0.348. The van der Waals surface area contributed by atoms with Crippen molar-refractivity contribution in [1.82, 2.24) is 0 Å². The molecule has 2 amide bonds. The standard InChI is InChI=1S/C23H20ClF4NO6/c1-12(2)8-19(30)34-11-35-21(32)29-17-9-13(23(26,27)28)4-6-15(17)22(25,20(29)31)16-10-14(24)5-7-18(16)33-3/h4-7,9-10,12H,8,11H2,1-3H3. The molecular formula is C23H20ClF4NO6. The van der Waals surface area contributed by atoms with Gasteiger partial charge in [0.1, 0.15) is 5.75 Å². The molecule has 1 atom stereocenters. The Labute approximate surface area is 202 Å². The van der Waals surface area contributed by atoms with Crippen LogP contribution < -0.4 is 9.64 Å². The van der Waals surface area contributed by atoms with Crippen molar-refractivity contribution < 1.29 is 46.2 Å². The van der Waals surface area contributed by atoms with Crippen LogP contribution in [0.4, 0.5) is 28.0 Å². The summed E-state index contributed by atoms with van der Waals surface area (Å²) in [6, 6.07) is 5.50. The number of alkyl halides is 4. The van der Waals surface area contributed by atoms with Gasteiger partial charge < -0.3 is 14.2 Å². The molecule has 1 aliphatic rings. The number of esters is 1. The lowest BCUT2D eigenvalue weighted by atomic mass is 9.88. The average molecular weight is 518 g/mol. The second kappa shape index (κ2) is 9.73. The summed E-state index contributed by atoms with van der Waals surface area (Å²) in [5.41, 5.74) is -6.02. The van der Waals surface area contributed by atoms with E-state index in [0.717, 1.165) is 12.1 Å². The minimum absolute atomic E-state index is 0.0113. The molecule has 7 nitrogen and oxygen atoms in total. The van der Waals surface area contributed by atoms with Crippen molar-refractivity contribution in [2.24, 2.45) is 5.92 Å². The summed E-state index contributed by atoms with van der Waals surface area (Å²) >= 11 is 5.97. The van der Waals surface area contributed by atoms with Crippen molar-refractivity contribution in [3.8, 4) is 5.75 Å². The van der Waals surface area contributed by atoms with Gasteiger partial charge in [0.2, 0.25) is 12.5 Å². The highest BCUT2D eigenvalue weighted by atomic mass is 35.5. The molecule has 0 spiro atoms. The van der Waals surface area contributed by atoms with Crippen LogP contribution in [0.15, 0.2) is 36.4 Å². The average Bonchev–Trinajstić information content (AvgIpc) is 2.99. The lowest BCUT2D eigenvalue weighted by Crippen LogP contribution is -2.42. The van der Waals surface area contributed by atoms with E-state index >= 15 is 4.39 Å². The van der Waals surface area contributed by atoms with E-state index < -0.39 is 59.0 Å². The van der Waals surface area contributed by atoms with Crippen LogP contribution in [-0.2, 0) is 30.9 Å². The normalized spacial score (nSPS) is 17.4. The summed E-state index contributed by atoms with van der Waals surface area (Å²) in [6.45, 7) is 2.56. The van der Waals surface area contributed by atoms with Gasteiger partial charge in [0.25, 0.3) is 5.91 Å². The molecule has 1 aliphatic heterocycles. The number of ether oxygens (including phenoxy) is 3. The van der Waals surface area contributed by atoms with Gasteiger partial charge in [-0.3, -0.25) is 9.59 Å². The van der Waals surface area contributed by atoms with Crippen molar-refractivity contribution in [3.05, 3.63) is 58.1 Å². The second-order valence-corrected chi connectivity index (χ2v) is 8.45. The van der Waals surface area contributed by atoms with E-state index in [1.54, 1.807) is 13.8 Å². The number of fused-ring (bicyclic) bond motifs is 1. The smallest absolute Gasteiger partial charge is 0.424 e. The van der Waals surface area contributed by atoms with E-state index in [-0.39, 0.29) is 28.0 Å². The van der Waals surface area contributed by atoms with Crippen LogP contribution in [0.5, 0.6) is 5.75 Å². The fourth-order valence-corrected chi connectivity index (χ4v) is 3.73. The number of hydrogen-bond donors (Lipinski definition) is 0. The van der Waals surface area contributed by atoms with Gasteiger partial charge in [-0.05, 0) is 36.2 Å². The molecule has 0 radical (unpaired) electrons. The molecule has 12 heteroatoms. The highest BCUT2D eigenvalue weighted by Gasteiger charge is 2.57. The second-order valence-electron chi connectivity index (χ2n) is 8.02. The fourth-order valence-electron chi connectivity index (χ4n) is 3.56. The lowest BCUT2D eigenvalue weighted by Gasteiger charge is -2.22. The van der Waals surface area contributed by atoms with Crippen LogP contribution in [0.3, 0.4) is 0 Å². The van der Waals surface area contributed by atoms with Gasteiger partial charge in [0.15, 0.2) is 0 Å². The van der Waals surface area contributed by atoms with Gasteiger partial charge in [-0.2, -0.15) is 13.2 Å². The molecule has 0 saturated carbocycles. The number of benzene rings is 2. The molecule has 1 unspecified atom stereocenters. The van der Waals surface area contributed by atoms with Crippen molar-refractivity contribution in [2.75, 3.05) is 18.8 Å². The largest absolute Gasteiger partial charge is 0.496 e. The zero-order valence-corrected chi connectivity index (χ0v) is 19.5. The lowest BCUT2D eigenvalue weighted by molar-refractivity contribution is -0.152. The van der Waals surface area contributed by atoms with Gasteiger partial charge in [-0.1, -0.05) is 31.5 Å². The molecule has 188 valence electrons. The highest BCUT2D eigenvalue weighted by molar-refractivity contribution is 6.31. The Morgan fingerprint density at radius 2 is 1.77 bits per heavy atom. The van der Waals surface area contributed by atoms with Gasteiger partial charge in [-0.25, -0.2) is 14.1 Å². The van der Waals surface area contributed by atoms with E-state index in [1.807, 2.05) is 0 Å². The quantitative estimate of drug-likeness (QED) is 0.281. The molecule has 0 saturated heterocycles. The van der Waals surface area contributed by atoms with Crippen LogP contribution in [-0.4, -0.2) is 31.9 Å². The first-order valence-electron chi connectivity index (χ1n) is 10.2. The third kappa shape index (κ3) is 5.04. The summed E-state index contributed by atoms with van der Waals surface area (Å²) in [7, 11) is 1.20. The van der Waals surface area contributed by atoms with Crippen LogP contribution >= 0.6 is 11.6 Å². The van der Waals surface area contributed by atoms with Crippen LogP contribution in [0, 0.1) is 5.92 Å². The Bertz CT molecular complexity index is 1170. The molecule has 35 heavy (non-hydrogen) atoms. The zero-order chi connectivity index (χ0) is 26.1. The molecule has 3 rings (SSSR count). The number of methoxy groups -OCH3 is 1. The maximum absolute atomic E-state index is 16.6. The van der Waals surface area contributed by atoms with Gasteiger partial charge in [0, 0.05) is 22.6 Å². The minimum Gasteiger partial charge on any atom is -0.496 e. The number of anilines is 1. The first kappa shape index (κ1) is 26.3. The molecule has 0 bridgehead atoms. The van der Waals surface area contributed by atoms with Crippen molar-refractivity contribution in [1.29, 1.82) is 0 Å². The third-order valence-corrected chi connectivity index (χ3v) is 5.36. The number of imide groups is 1. The molecule has 0 aliphatic carbocycles. The van der Waals surface area contributed by atoms with Crippen molar-refractivity contribution in [2.45, 2.75) is 32.1 Å². The molecule has 0 fully saturated rings. The number of nitrogens with zero attached hydrogens (tertiary/aromatic N) is 1. The van der Waals surface area contributed by atoms with Crippen molar-refractivity contribution >= 4 is 35.3 Å². The number of carbonyl (C=O) groups is 3. The predicted octanol–water partition coefficient (Wildman–Crippen LogP) is 5.61. The number of halogens is 5. The van der Waals surface area contributed by atoms with Crippen LogP contribution in [0.2, 0.25) is 5.02 Å². The Balaban J connectivity index is 2.05. The highest BCUT2D eigenvalue weighted by Crippen LogP contribution is 2.51. The maximum atomic E-state index is 16.6. The first-order valence-corrected chi connectivity index (χ1v) is 10.6. The number of rotatable bonds is 6. The van der Waals surface area contributed by atoms with E-state index in [1.165, 1.54) is 19.2 Å². The summed E-state index contributed by atoms with van der Waals surface area (Å²) < 4.78 is 71.3. The van der Waals surface area contributed by atoms with E-state index in [0.29, 0.717) is 12.1 Å². The number of carbonyl (C=O) groups excluding carboxylic acids is 3. The maximum Gasteiger partial charge on any atom is 0.424 e. The predicted molar refractivity (Wildman–Crippen MR) is 116 cm³/mol. The van der Waals surface area contributed by atoms with Crippen LogP contribution in [0.25, 0.3) is 0 Å². The Hall–Kier alpha value is -3.34. The Morgan fingerprint density at radius 1 is 1.09 bits per heavy atom. The van der Waals surface area contributed by atoms with Crippen LogP contribution in [0.1, 0.15) is 37.0 Å². The number of amides is 2. The molecule has 2 aromatic rings. The SMILES string of the molecule is COc1ccc(Cl)cc1C1(F)C(=O)N(C(=O)OCOC(=O)CC(C)C)c2cc(C(F)(F)F)ccc21. The van der Waals surface area contributed by atoms with E-state index in [2.05, 4.69) is 0 Å². The topological polar surface area (TPSA) is 82.1 Å².